The minimum Gasteiger partial charge on any atom is -0.354 e. The third-order valence-corrected chi connectivity index (χ3v) is 3.69. The second kappa shape index (κ2) is 6.63. The predicted molar refractivity (Wildman–Crippen MR) is 80.5 cm³/mol. The van der Waals surface area contributed by atoms with Crippen molar-refractivity contribution in [1.82, 2.24) is 15.3 Å². The monoisotopic (exact) mass is 276 g/mol. The highest BCUT2D eigenvalue weighted by Gasteiger charge is 2.07. The summed E-state index contributed by atoms with van der Waals surface area (Å²) in [6.45, 7) is 6.02. The fourth-order valence-electron chi connectivity index (χ4n) is 1.94. The first-order chi connectivity index (χ1) is 9.20. The second-order valence-electron chi connectivity index (χ2n) is 4.56. The van der Waals surface area contributed by atoms with Crippen molar-refractivity contribution in [3.8, 4) is 0 Å². The lowest BCUT2D eigenvalue weighted by atomic mass is 10.1. The molecule has 1 unspecified atom stereocenters. The van der Waals surface area contributed by atoms with Crippen LogP contribution in [0.5, 0.6) is 0 Å². The average molecular weight is 276 g/mol. The van der Waals surface area contributed by atoms with E-state index in [9.17, 15) is 0 Å². The molecule has 0 aromatic carbocycles. The van der Waals surface area contributed by atoms with Crippen LogP contribution in [0.1, 0.15) is 31.1 Å². The SMILES string of the molecule is CCNC(C)c1ccc(N(C)Cc2cscn2)nc1. The largest absolute Gasteiger partial charge is 0.354 e. The summed E-state index contributed by atoms with van der Waals surface area (Å²) in [4.78, 5) is 10.9. The van der Waals surface area contributed by atoms with Gasteiger partial charge in [-0.25, -0.2) is 9.97 Å². The van der Waals surface area contributed by atoms with E-state index < -0.39 is 0 Å². The molecule has 0 fully saturated rings. The number of aromatic nitrogens is 2. The van der Waals surface area contributed by atoms with Gasteiger partial charge in [0.15, 0.2) is 0 Å². The highest BCUT2D eigenvalue weighted by Crippen LogP contribution is 2.16. The summed E-state index contributed by atoms with van der Waals surface area (Å²) in [6.07, 6.45) is 1.94. The van der Waals surface area contributed by atoms with Gasteiger partial charge in [0.2, 0.25) is 0 Å². The fourth-order valence-corrected chi connectivity index (χ4v) is 2.49. The van der Waals surface area contributed by atoms with Gasteiger partial charge in [-0.05, 0) is 25.1 Å². The summed E-state index contributed by atoms with van der Waals surface area (Å²) >= 11 is 1.62. The summed E-state index contributed by atoms with van der Waals surface area (Å²) in [5, 5.41) is 5.45. The molecule has 0 aliphatic rings. The van der Waals surface area contributed by atoms with Crippen molar-refractivity contribution < 1.29 is 0 Å². The van der Waals surface area contributed by atoms with Crippen LogP contribution in [0.15, 0.2) is 29.2 Å². The van der Waals surface area contributed by atoms with Crippen molar-refractivity contribution in [2.24, 2.45) is 0 Å². The maximum atomic E-state index is 4.52. The topological polar surface area (TPSA) is 41.0 Å². The molecular weight excluding hydrogens is 256 g/mol. The van der Waals surface area contributed by atoms with E-state index in [2.05, 4.69) is 51.5 Å². The van der Waals surface area contributed by atoms with Crippen LogP contribution in [0.3, 0.4) is 0 Å². The quantitative estimate of drug-likeness (QED) is 0.881. The number of hydrogen-bond acceptors (Lipinski definition) is 5. The zero-order chi connectivity index (χ0) is 13.7. The summed E-state index contributed by atoms with van der Waals surface area (Å²) < 4.78 is 0. The molecule has 0 saturated carbocycles. The Morgan fingerprint density at radius 3 is 2.79 bits per heavy atom. The molecule has 0 amide bonds. The third-order valence-electron chi connectivity index (χ3n) is 3.05. The van der Waals surface area contributed by atoms with Crippen LogP contribution in [0.25, 0.3) is 0 Å². The molecule has 19 heavy (non-hydrogen) atoms. The van der Waals surface area contributed by atoms with Gasteiger partial charge < -0.3 is 10.2 Å². The van der Waals surface area contributed by atoms with Gasteiger partial charge in [0.05, 0.1) is 17.7 Å². The van der Waals surface area contributed by atoms with E-state index >= 15 is 0 Å². The van der Waals surface area contributed by atoms with Crippen LogP contribution in [0.2, 0.25) is 0 Å². The Morgan fingerprint density at radius 2 is 2.21 bits per heavy atom. The number of pyridine rings is 1. The molecular formula is C14H20N4S. The number of nitrogens with zero attached hydrogens (tertiary/aromatic N) is 3. The molecule has 4 nitrogen and oxygen atoms in total. The van der Waals surface area contributed by atoms with Crippen LogP contribution >= 0.6 is 11.3 Å². The molecule has 2 aromatic rings. The Morgan fingerprint density at radius 1 is 1.37 bits per heavy atom. The first-order valence-electron chi connectivity index (χ1n) is 6.48. The second-order valence-corrected chi connectivity index (χ2v) is 5.28. The lowest BCUT2D eigenvalue weighted by Gasteiger charge is -2.18. The van der Waals surface area contributed by atoms with Crippen molar-refractivity contribution in [3.05, 3.63) is 40.5 Å². The molecule has 0 radical (unpaired) electrons. The molecule has 5 heteroatoms. The standard InChI is InChI=1S/C14H20N4S/c1-4-15-11(2)12-5-6-14(16-7-12)18(3)8-13-9-19-10-17-13/h5-7,9-11,15H,4,8H2,1-3H3. The molecule has 2 aromatic heterocycles. The zero-order valence-corrected chi connectivity index (χ0v) is 12.4. The molecule has 2 heterocycles. The van der Waals surface area contributed by atoms with Gasteiger partial charge in [0.1, 0.15) is 5.82 Å². The smallest absolute Gasteiger partial charge is 0.128 e. The van der Waals surface area contributed by atoms with E-state index in [0.29, 0.717) is 6.04 Å². The molecule has 0 saturated heterocycles. The van der Waals surface area contributed by atoms with Crippen LogP contribution in [0, 0.1) is 0 Å². The Balaban J connectivity index is 2.01. The molecule has 0 spiro atoms. The Kier molecular flexibility index (Phi) is 4.87. The van der Waals surface area contributed by atoms with Gasteiger partial charge in [-0.15, -0.1) is 11.3 Å². The molecule has 0 aliphatic heterocycles. The molecule has 0 bridgehead atoms. The average Bonchev–Trinajstić information content (AvgIpc) is 2.92. The fraction of sp³-hybridized carbons (Fsp3) is 0.429. The van der Waals surface area contributed by atoms with Gasteiger partial charge in [0.25, 0.3) is 0 Å². The molecule has 102 valence electrons. The third kappa shape index (κ3) is 3.75. The van der Waals surface area contributed by atoms with Crippen LogP contribution < -0.4 is 10.2 Å². The lowest BCUT2D eigenvalue weighted by molar-refractivity contribution is 0.596. The van der Waals surface area contributed by atoms with Crippen LogP contribution in [-0.4, -0.2) is 23.6 Å². The number of hydrogen-bond donors (Lipinski definition) is 1. The van der Waals surface area contributed by atoms with Crippen molar-refractivity contribution in [2.45, 2.75) is 26.4 Å². The number of anilines is 1. The van der Waals surface area contributed by atoms with Gasteiger partial charge in [-0.3, -0.25) is 0 Å². The minimum atomic E-state index is 0.343. The zero-order valence-electron chi connectivity index (χ0n) is 11.6. The first-order valence-corrected chi connectivity index (χ1v) is 7.42. The summed E-state index contributed by atoms with van der Waals surface area (Å²) in [5.41, 5.74) is 4.16. The maximum Gasteiger partial charge on any atom is 0.128 e. The summed E-state index contributed by atoms with van der Waals surface area (Å²) in [6, 6.07) is 4.54. The summed E-state index contributed by atoms with van der Waals surface area (Å²) in [7, 11) is 2.04. The van der Waals surface area contributed by atoms with E-state index in [1.54, 1.807) is 11.3 Å². The first kappa shape index (κ1) is 14.0. The molecule has 1 atom stereocenters. The van der Waals surface area contributed by atoms with Crippen molar-refractivity contribution in [1.29, 1.82) is 0 Å². The lowest BCUT2D eigenvalue weighted by Crippen LogP contribution is -2.20. The highest BCUT2D eigenvalue weighted by atomic mass is 32.1. The van der Waals surface area contributed by atoms with E-state index in [1.807, 2.05) is 18.8 Å². The van der Waals surface area contributed by atoms with Gasteiger partial charge in [-0.2, -0.15) is 0 Å². The van der Waals surface area contributed by atoms with Crippen molar-refractivity contribution in [2.75, 3.05) is 18.5 Å². The van der Waals surface area contributed by atoms with Crippen molar-refractivity contribution >= 4 is 17.2 Å². The van der Waals surface area contributed by atoms with E-state index in [1.165, 1.54) is 5.56 Å². The highest BCUT2D eigenvalue weighted by molar-refractivity contribution is 7.07. The minimum absolute atomic E-state index is 0.343. The number of nitrogens with one attached hydrogen (secondary N) is 1. The van der Waals surface area contributed by atoms with E-state index in [0.717, 1.165) is 24.6 Å². The van der Waals surface area contributed by atoms with Gasteiger partial charge in [0, 0.05) is 24.7 Å². The van der Waals surface area contributed by atoms with Gasteiger partial charge in [-0.1, -0.05) is 13.0 Å². The predicted octanol–water partition coefficient (Wildman–Crippen LogP) is 2.85. The van der Waals surface area contributed by atoms with Crippen LogP contribution in [-0.2, 0) is 6.54 Å². The number of rotatable bonds is 6. The maximum absolute atomic E-state index is 4.52. The molecule has 2 rings (SSSR count). The molecule has 0 aliphatic carbocycles. The number of thiazole rings is 1. The summed E-state index contributed by atoms with van der Waals surface area (Å²) in [5.74, 6) is 0.973. The van der Waals surface area contributed by atoms with Crippen molar-refractivity contribution in [3.63, 3.8) is 0 Å². The Bertz CT molecular complexity index is 481. The Labute approximate surface area is 118 Å². The molecule has 1 N–H and O–H groups in total. The van der Waals surface area contributed by atoms with Crippen LogP contribution in [0.4, 0.5) is 5.82 Å². The van der Waals surface area contributed by atoms with E-state index in [4.69, 9.17) is 0 Å². The van der Waals surface area contributed by atoms with E-state index in [-0.39, 0.29) is 0 Å². The normalized spacial score (nSPS) is 12.4. The Hall–Kier alpha value is -1.46. The van der Waals surface area contributed by atoms with Gasteiger partial charge >= 0.3 is 0 Å².